The number of nitrogens with zero attached hydrogens (tertiary/aromatic N) is 2. The lowest BCUT2D eigenvalue weighted by Crippen LogP contribution is -2.42. The predicted octanol–water partition coefficient (Wildman–Crippen LogP) is 6.30. The molecule has 0 aliphatic heterocycles. The number of hydrogen-bond acceptors (Lipinski definition) is 4. The minimum absolute atomic E-state index is 0.00000193. The van der Waals surface area contributed by atoms with E-state index in [-0.39, 0.29) is 12.6 Å². The number of carbonyl (C=O) groups is 2. The maximum Gasteiger partial charge on any atom is 0.416 e. The van der Waals surface area contributed by atoms with E-state index in [2.05, 4.69) is 6.92 Å². The second-order valence-corrected chi connectivity index (χ2v) is 8.91. The molecule has 0 aromatic heterocycles. The summed E-state index contributed by atoms with van der Waals surface area (Å²) in [5, 5.41) is 0. The van der Waals surface area contributed by atoms with E-state index in [4.69, 9.17) is 4.74 Å². The zero-order valence-electron chi connectivity index (χ0n) is 22.4. The van der Waals surface area contributed by atoms with Gasteiger partial charge in [0.1, 0.15) is 12.0 Å². The van der Waals surface area contributed by atoms with E-state index in [1.165, 1.54) is 22.1 Å². The summed E-state index contributed by atoms with van der Waals surface area (Å²) in [6.45, 7) is 9.40. The summed E-state index contributed by atoms with van der Waals surface area (Å²) in [6, 6.07) is 13.2. The van der Waals surface area contributed by atoms with Crippen LogP contribution >= 0.6 is 0 Å². The molecule has 1 amide bonds. The fourth-order valence-electron chi connectivity index (χ4n) is 3.58. The van der Waals surface area contributed by atoms with Gasteiger partial charge in [0.25, 0.3) is 0 Å². The standard InChI is InChI=1S/C20H27F3N2O2.C9H12O/c1-4-16(2)8-9-19(14-25(15-27)10-11-26)24(3)13-17-6-5-7-18(12-17)20(21,22)23;1-3-10-9-6-4-8(2)5-7-9/h4-7,11-12,15,19H,8-10,13-14H2,1-3H3;4-7H,3H2,1-2H3/b16-4+;/t19-;/m0./s1. The van der Waals surface area contributed by atoms with Crippen LogP contribution < -0.4 is 4.74 Å². The quantitative estimate of drug-likeness (QED) is 0.230. The second kappa shape index (κ2) is 16.6. The van der Waals surface area contributed by atoms with Gasteiger partial charge in [-0.2, -0.15) is 13.2 Å². The van der Waals surface area contributed by atoms with Crippen molar-refractivity contribution < 1.29 is 27.5 Å². The van der Waals surface area contributed by atoms with Gasteiger partial charge in [0.05, 0.1) is 18.7 Å². The normalized spacial score (nSPS) is 12.4. The van der Waals surface area contributed by atoms with Crippen LogP contribution in [0, 0.1) is 6.92 Å². The van der Waals surface area contributed by atoms with Crippen LogP contribution in [0.15, 0.2) is 60.2 Å². The van der Waals surface area contributed by atoms with Gasteiger partial charge in [-0.25, -0.2) is 0 Å². The van der Waals surface area contributed by atoms with E-state index in [0.29, 0.717) is 31.3 Å². The van der Waals surface area contributed by atoms with Gasteiger partial charge >= 0.3 is 6.18 Å². The Kier molecular flexibility index (Phi) is 14.3. The Labute approximate surface area is 218 Å². The van der Waals surface area contributed by atoms with Crippen LogP contribution in [0.1, 0.15) is 50.3 Å². The summed E-state index contributed by atoms with van der Waals surface area (Å²) in [4.78, 5) is 25.2. The third-order valence-electron chi connectivity index (χ3n) is 5.91. The van der Waals surface area contributed by atoms with Crippen LogP contribution in [0.2, 0.25) is 0 Å². The van der Waals surface area contributed by atoms with Crippen LogP contribution in [-0.4, -0.2) is 55.3 Å². The number of allylic oxidation sites excluding steroid dienone is 2. The van der Waals surface area contributed by atoms with Gasteiger partial charge < -0.3 is 14.4 Å². The highest BCUT2D eigenvalue weighted by atomic mass is 19.4. The molecule has 0 fully saturated rings. The number of carbonyl (C=O) groups excluding carboxylic acids is 2. The first-order valence-electron chi connectivity index (χ1n) is 12.3. The van der Waals surface area contributed by atoms with E-state index in [0.717, 1.165) is 37.3 Å². The van der Waals surface area contributed by atoms with Crippen molar-refractivity contribution >= 4 is 12.7 Å². The molecule has 0 N–H and O–H groups in total. The number of aryl methyl sites for hydroxylation is 1. The monoisotopic (exact) mass is 520 g/mol. The molecule has 0 saturated heterocycles. The lowest BCUT2D eigenvalue weighted by atomic mass is 10.0. The Morgan fingerprint density at radius 1 is 1.11 bits per heavy atom. The number of halogens is 3. The van der Waals surface area contributed by atoms with Crippen LogP contribution in [-0.2, 0) is 22.3 Å². The van der Waals surface area contributed by atoms with E-state index in [1.807, 2.05) is 63.1 Å². The number of amides is 1. The predicted molar refractivity (Wildman–Crippen MR) is 141 cm³/mol. The van der Waals surface area contributed by atoms with E-state index >= 15 is 0 Å². The molecule has 0 bridgehead atoms. The number of likely N-dealkylation sites (N-methyl/N-ethyl adjacent to an activating group) is 1. The maximum absolute atomic E-state index is 12.9. The lowest BCUT2D eigenvalue weighted by Gasteiger charge is -2.31. The molecular formula is C29H39F3N2O3. The van der Waals surface area contributed by atoms with Crippen LogP contribution in [0.4, 0.5) is 13.2 Å². The van der Waals surface area contributed by atoms with Crippen molar-refractivity contribution in [2.24, 2.45) is 0 Å². The first kappa shape index (κ1) is 31.9. The number of rotatable bonds is 13. The molecule has 5 nitrogen and oxygen atoms in total. The Bertz CT molecular complexity index is 975. The summed E-state index contributed by atoms with van der Waals surface area (Å²) in [5.41, 5.74) is 2.34. The number of hydrogen-bond donors (Lipinski definition) is 0. The fourth-order valence-corrected chi connectivity index (χ4v) is 3.58. The topological polar surface area (TPSA) is 49.9 Å². The van der Waals surface area contributed by atoms with Crippen LogP contribution in [0.3, 0.4) is 0 Å². The number of benzene rings is 2. The molecule has 0 unspecified atom stereocenters. The van der Waals surface area contributed by atoms with E-state index < -0.39 is 11.7 Å². The summed E-state index contributed by atoms with van der Waals surface area (Å²) < 4.78 is 44.0. The zero-order valence-corrected chi connectivity index (χ0v) is 22.4. The molecule has 2 aromatic rings. The Balaban J connectivity index is 0.000000568. The molecule has 37 heavy (non-hydrogen) atoms. The average molecular weight is 521 g/mol. The minimum Gasteiger partial charge on any atom is -0.494 e. The summed E-state index contributed by atoms with van der Waals surface area (Å²) in [5.74, 6) is 0.952. The molecule has 204 valence electrons. The Morgan fingerprint density at radius 3 is 2.32 bits per heavy atom. The van der Waals surface area contributed by atoms with Crippen molar-refractivity contribution in [3.05, 3.63) is 76.9 Å². The summed E-state index contributed by atoms with van der Waals surface area (Å²) >= 11 is 0. The molecule has 1 atom stereocenters. The molecule has 8 heteroatoms. The van der Waals surface area contributed by atoms with Gasteiger partial charge in [-0.05, 0) is 71.3 Å². The van der Waals surface area contributed by atoms with Gasteiger partial charge in [0, 0.05) is 19.1 Å². The summed E-state index contributed by atoms with van der Waals surface area (Å²) in [7, 11) is 1.82. The fraction of sp³-hybridized carbons (Fsp3) is 0.448. The van der Waals surface area contributed by atoms with E-state index in [9.17, 15) is 22.8 Å². The Morgan fingerprint density at radius 2 is 1.78 bits per heavy atom. The number of aldehydes is 1. The molecular weight excluding hydrogens is 481 g/mol. The van der Waals surface area contributed by atoms with Crippen molar-refractivity contribution in [2.45, 2.75) is 59.3 Å². The molecule has 0 aliphatic carbocycles. The average Bonchev–Trinajstić information content (AvgIpc) is 2.87. The number of ether oxygens (including phenoxy) is 1. The summed E-state index contributed by atoms with van der Waals surface area (Å²) in [6.07, 6.45) is 0.455. The molecule has 0 radical (unpaired) electrons. The van der Waals surface area contributed by atoms with Gasteiger partial charge in [-0.15, -0.1) is 0 Å². The second-order valence-electron chi connectivity index (χ2n) is 8.91. The molecule has 0 spiro atoms. The van der Waals surface area contributed by atoms with Crippen LogP contribution in [0.25, 0.3) is 0 Å². The highest BCUT2D eigenvalue weighted by molar-refractivity contribution is 5.59. The zero-order chi connectivity index (χ0) is 27.8. The van der Waals surface area contributed by atoms with Crippen molar-refractivity contribution in [2.75, 3.05) is 26.7 Å². The smallest absolute Gasteiger partial charge is 0.416 e. The molecule has 0 aliphatic rings. The molecule has 0 heterocycles. The van der Waals surface area contributed by atoms with Gasteiger partial charge in [0.15, 0.2) is 0 Å². The Hall–Kier alpha value is -3.13. The van der Waals surface area contributed by atoms with E-state index in [1.54, 1.807) is 6.07 Å². The first-order chi connectivity index (χ1) is 17.5. The van der Waals surface area contributed by atoms with Crippen molar-refractivity contribution in [3.8, 4) is 5.75 Å². The minimum atomic E-state index is -4.38. The largest absolute Gasteiger partial charge is 0.494 e. The lowest BCUT2D eigenvalue weighted by molar-refractivity contribution is -0.137. The van der Waals surface area contributed by atoms with Gasteiger partial charge in [-0.3, -0.25) is 9.69 Å². The third kappa shape index (κ3) is 12.6. The number of alkyl halides is 3. The highest BCUT2D eigenvalue weighted by Gasteiger charge is 2.30. The third-order valence-corrected chi connectivity index (χ3v) is 5.91. The highest BCUT2D eigenvalue weighted by Crippen LogP contribution is 2.30. The van der Waals surface area contributed by atoms with Crippen molar-refractivity contribution in [3.63, 3.8) is 0 Å². The molecule has 2 aromatic carbocycles. The van der Waals surface area contributed by atoms with Gasteiger partial charge in [0.2, 0.25) is 6.41 Å². The van der Waals surface area contributed by atoms with Crippen LogP contribution in [0.5, 0.6) is 5.75 Å². The van der Waals surface area contributed by atoms with Crippen molar-refractivity contribution in [1.82, 2.24) is 9.80 Å². The molecule has 2 rings (SSSR count). The van der Waals surface area contributed by atoms with Gasteiger partial charge in [-0.1, -0.05) is 47.5 Å². The molecule has 0 saturated carbocycles. The first-order valence-corrected chi connectivity index (χ1v) is 12.3. The maximum atomic E-state index is 12.9. The van der Waals surface area contributed by atoms with Crippen molar-refractivity contribution in [1.29, 1.82) is 0 Å². The SMILES string of the molecule is C/C=C(\C)CC[C@@H](CN(C=O)CC=O)N(C)Cc1cccc(C(F)(F)F)c1.CCOc1ccc(C)cc1.